The van der Waals surface area contributed by atoms with Crippen LogP contribution < -0.4 is 10.1 Å². The lowest BCUT2D eigenvalue weighted by molar-refractivity contribution is -0.135. The van der Waals surface area contributed by atoms with Crippen molar-refractivity contribution in [2.75, 3.05) is 59.5 Å². The Morgan fingerprint density at radius 1 is 1.13 bits per heavy atom. The molecule has 168 valence electrons. The standard InChI is InChI=1S/C24H35N5O2/c1-4-19-31-22-9-7-21(8-10-22)11-12-26-24(25-3)29-17-15-27(16-18-29)20(2)23(30)28-13-5-6-14-28/h1,7-10,20H,5-6,11-19H2,2-3H3,(H,25,26). The van der Waals surface area contributed by atoms with Gasteiger partial charge in [-0.3, -0.25) is 14.7 Å². The molecule has 1 atom stereocenters. The highest BCUT2D eigenvalue weighted by molar-refractivity contribution is 5.82. The smallest absolute Gasteiger partial charge is 0.239 e. The highest BCUT2D eigenvalue weighted by Gasteiger charge is 2.30. The Labute approximate surface area is 186 Å². The molecule has 0 bridgehead atoms. The third kappa shape index (κ3) is 6.38. The van der Waals surface area contributed by atoms with Crippen LogP contribution in [0.2, 0.25) is 0 Å². The monoisotopic (exact) mass is 425 g/mol. The quantitative estimate of drug-likeness (QED) is 0.407. The molecule has 2 fully saturated rings. The number of guanidine groups is 1. The van der Waals surface area contributed by atoms with Crippen molar-refractivity contribution in [3.63, 3.8) is 0 Å². The summed E-state index contributed by atoms with van der Waals surface area (Å²) in [5.74, 6) is 4.47. The number of piperazine rings is 1. The number of hydrogen-bond acceptors (Lipinski definition) is 4. The molecule has 0 radical (unpaired) electrons. The molecule has 1 N–H and O–H groups in total. The van der Waals surface area contributed by atoms with Crippen molar-refractivity contribution >= 4 is 11.9 Å². The Morgan fingerprint density at radius 2 is 1.81 bits per heavy atom. The van der Waals surface area contributed by atoms with E-state index in [9.17, 15) is 4.79 Å². The van der Waals surface area contributed by atoms with Gasteiger partial charge in [-0.1, -0.05) is 18.1 Å². The molecule has 7 heteroatoms. The van der Waals surface area contributed by atoms with E-state index in [2.05, 4.69) is 38.2 Å². The summed E-state index contributed by atoms with van der Waals surface area (Å²) in [5.41, 5.74) is 1.23. The molecule has 31 heavy (non-hydrogen) atoms. The first kappa shape index (κ1) is 23.0. The summed E-state index contributed by atoms with van der Waals surface area (Å²) in [4.78, 5) is 23.7. The van der Waals surface area contributed by atoms with E-state index in [-0.39, 0.29) is 18.6 Å². The molecular weight excluding hydrogens is 390 g/mol. The molecule has 2 aliphatic heterocycles. The van der Waals surface area contributed by atoms with Gasteiger partial charge < -0.3 is 19.9 Å². The van der Waals surface area contributed by atoms with Crippen LogP contribution >= 0.6 is 0 Å². The van der Waals surface area contributed by atoms with Gasteiger partial charge >= 0.3 is 0 Å². The number of terminal acetylenes is 1. The normalized spacial score (nSPS) is 18.5. The Bertz CT molecular complexity index is 772. The van der Waals surface area contributed by atoms with Crippen molar-refractivity contribution in [2.45, 2.75) is 32.2 Å². The minimum absolute atomic E-state index is 0.0391. The van der Waals surface area contributed by atoms with Gasteiger partial charge in [-0.05, 0) is 43.9 Å². The number of likely N-dealkylation sites (tertiary alicyclic amines) is 1. The largest absolute Gasteiger partial charge is 0.481 e. The van der Waals surface area contributed by atoms with Gasteiger partial charge in [-0.2, -0.15) is 0 Å². The van der Waals surface area contributed by atoms with Gasteiger partial charge in [0.1, 0.15) is 12.4 Å². The molecule has 0 saturated carbocycles. The molecule has 1 aromatic carbocycles. The van der Waals surface area contributed by atoms with E-state index in [1.54, 1.807) is 0 Å². The molecular formula is C24H35N5O2. The van der Waals surface area contributed by atoms with Crippen molar-refractivity contribution < 1.29 is 9.53 Å². The lowest BCUT2D eigenvalue weighted by atomic mass is 10.1. The van der Waals surface area contributed by atoms with E-state index >= 15 is 0 Å². The Kier molecular flexibility index (Phi) is 8.60. The van der Waals surface area contributed by atoms with Crippen LogP contribution in [0.4, 0.5) is 0 Å². The van der Waals surface area contributed by atoms with Crippen LogP contribution in [0, 0.1) is 12.3 Å². The second-order valence-electron chi connectivity index (χ2n) is 8.09. The van der Waals surface area contributed by atoms with Gasteiger partial charge in [0, 0.05) is 52.9 Å². The predicted octanol–water partition coefficient (Wildman–Crippen LogP) is 1.45. The molecule has 2 heterocycles. The van der Waals surface area contributed by atoms with Crippen molar-refractivity contribution in [1.29, 1.82) is 0 Å². The van der Waals surface area contributed by atoms with Crippen molar-refractivity contribution in [3.05, 3.63) is 29.8 Å². The van der Waals surface area contributed by atoms with E-state index in [1.807, 2.05) is 31.0 Å². The number of nitrogens with zero attached hydrogens (tertiary/aromatic N) is 4. The molecule has 2 aliphatic rings. The molecule has 1 amide bonds. The molecule has 2 saturated heterocycles. The number of ether oxygens (including phenoxy) is 1. The second-order valence-corrected chi connectivity index (χ2v) is 8.09. The summed E-state index contributed by atoms with van der Waals surface area (Å²) in [7, 11) is 1.83. The third-order valence-electron chi connectivity index (χ3n) is 6.09. The molecule has 1 aromatic rings. The maximum absolute atomic E-state index is 12.7. The maximum Gasteiger partial charge on any atom is 0.239 e. The van der Waals surface area contributed by atoms with E-state index < -0.39 is 0 Å². The van der Waals surface area contributed by atoms with Gasteiger partial charge in [-0.25, -0.2) is 0 Å². The van der Waals surface area contributed by atoms with Gasteiger partial charge in [0.05, 0.1) is 6.04 Å². The zero-order valence-electron chi connectivity index (χ0n) is 18.8. The van der Waals surface area contributed by atoms with E-state index in [4.69, 9.17) is 11.2 Å². The van der Waals surface area contributed by atoms with Crippen LogP contribution in [0.5, 0.6) is 5.75 Å². The summed E-state index contributed by atoms with van der Waals surface area (Å²) in [6.45, 7) is 8.47. The fourth-order valence-electron chi connectivity index (χ4n) is 4.21. The fourth-order valence-corrected chi connectivity index (χ4v) is 4.21. The molecule has 7 nitrogen and oxygen atoms in total. The molecule has 3 rings (SSSR count). The molecule has 0 spiro atoms. The lowest BCUT2D eigenvalue weighted by Gasteiger charge is -2.39. The number of aliphatic imine (C=N–C) groups is 1. The zero-order chi connectivity index (χ0) is 22.1. The third-order valence-corrected chi connectivity index (χ3v) is 6.09. The Hall–Kier alpha value is -2.72. The first-order chi connectivity index (χ1) is 15.1. The summed E-state index contributed by atoms with van der Waals surface area (Å²) < 4.78 is 5.41. The highest BCUT2D eigenvalue weighted by atomic mass is 16.5. The minimum Gasteiger partial charge on any atom is -0.481 e. The van der Waals surface area contributed by atoms with Gasteiger partial charge in [-0.15, -0.1) is 6.42 Å². The first-order valence-corrected chi connectivity index (χ1v) is 11.3. The van der Waals surface area contributed by atoms with Crippen molar-refractivity contribution in [2.24, 2.45) is 4.99 Å². The summed E-state index contributed by atoms with van der Waals surface area (Å²) >= 11 is 0. The summed E-state index contributed by atoms with van der Waals surface area (Å²) in [6.07, 6.45) is 8.39. The van der Waals surface area contributed by atoms with Gasteiger partial charge in [0.15, 0.2) is 5.96 Å². The molecule has 0 aliphatic carbocycles. The summed E-state index contributed by atoms with van der Waals surface area (Å²) in [6, 6.07) is 7.99. The minimum atomic E-state index is -0.0391. The number of hydrogen-bond donors (Lipinski definition) is 1. The van der Waals surface area contributed by atoms with Crippen LogP contribution in [-0.2, 0) is 11.2 Å². The van der Waals surface area contributed by atoms with Crippen LogP contribution in [0.25, 0.3) is 0 Å². The number of carbonyl (C=O) groups is 1. The Morgan fingerprint density at radius 3 is 2.42 bits per heavy atom. The van der Waals surface area contributed by atoms with Crippen LogP contribution in [-0.4, -0.2) is 92.1 Å². The van der Waals surface area contributed by atoms with Crippen LogP contribution in [0.1, 0.15) is 25.3 Å². The SMILES string of the molecule is C#CCOc1ccc(CCNC(=NC)N2CCN(C(C)C(=O)N3CCCC3)CC2)cc1. The number of nitrogens with one attached hydrogen (secondary N) is 1. The number of amides is 1. The average Bonchev–Trinajstić information content (AvgIpc) is 3.35. The maximum atomic E-state index is 12.7. The second kappa shape index (κ2) is 11.6. The summed E-state index contributed by atoms with van der Waals surface area (Å²) in [5, 5.41) is 3.47. The van der Waals surface area contributed by atoms with E-state index in [1.165, 1.54) is 5.56 Å². The highest BCUT2D eigenvalue weighted by Crippen LogP contribution is 2.14. The zero-order valence-corrected chi connectivity index (χ0v) is 18.8. The van der Waals surface area contributed by atoms with Crippen molar-refractivity contribution in [1.82, 2.24) is 20.0 Å². The predicted molar refractivity (Wildman–Crippen MR) is 124 cm³/mol. The first-order valence-electron chi connectivity index (χ1n) is 11.3. The van der Waals surface area contributed by atoms with E-state index in [0.29, 0.717) is 0 Å². The molecule has 0 aromatic heterocycles. The van der Waals surface area contributed by atoms with Crippen LogP contribution in [0.15, 0.2) is 29.3 Å². The Balaban J connectivity index is 1.41. The average molecular weight is 426 g/mol. The number of benzene rings is 1. The number of carbonyl (C=O) groups excluding carboxylic acids is 1. The van der Waals surface area contributed by atoms with Crippen molar-refractivity contribution in [3.8, 4) is 18.1 Å². The number of rotatable bonds is 7. The van der Waals surface area contributed by atoms with Crippen LogP contribution in [0.3, 0.4) is 0 Å². The van der Waals surface area contributed by atoms with E-state index in [0.717, 1.165) is 76.8 Å². The topological polar surface area (TPSA) is 60.4 Å². The fraction of sp³-hybridized carbons (Fsp3) is 0.583. The lowest BCUT2D eigenvalue weighted by Crippen LogP contribution is -2.57. The van der Waals surface area contributed by atoms with Gasteiger partial charge in [0.25, 0.3) is 0 Å². The molecule has 1 unspecified atom stereocenters. The van der Waals surface area contributed by atoms with Gasteiger partial charge in [0.2, 0.25) is 5.91 Å².